The lowest BCUT2D eigenvalue weighted by atomic mass is 9.97. The summed E-state index contributed by atoms with van der Waals surface area (Å²) in [6, 6.07) is 4.69. The van der Waals surface area contributed by atoms with Gasteiger partial charge in [0, 0.05) is 25.7 Å². The van der Waals surface area contributed by atoms with Crippen LogP contribution in [0.2, 0.25) is 0 Å². The Morgan fingerprint density at radius 1 is 1.35 bits per heavy atom. The minimum atomic E-state index is -4.47. The average Bonchev–Trinajstić information content (AvgIpc) is 2.77. The van der Waals surface area contributed by atoms with Crippen LogP contribution in [0.3, 0.4) is 0 Å². The summed E-state index contributed by atoms with van der Waals surface area (Å²) in [5.41, 5.74) is -0.615. The van der Waals surface area contributed by atoms with Gasteiger partial charge in [-0.1, -0.05) is 18.2 Å². The minimum absolute atomic E-state index is 0.0796. The summed E-state index contributed by atoms with van der Waals surface area (Å²) in [4.78, 5) is 1.67. The molecule has 1 heterocycles. The van der Waals surface area contributed by atoms with Gasteiger partial charge < -0.3 is 5.11 Å². The Balaban J connectivity index is 2.20. The molecule has 5 nitrogen and oxygen atoms in total. The van der Waals surface area contributed by atoms with Crippen LogP contribution in [-0.4, -0.2) is 50.4 Å². The van der Waals surface area contributed by atoms with Gasteiger partial charge in [0.05, 0.1) is 17.9 Å². The van der Waals surface area contributed by atoms with Crippen molar-refractivity contribution in [1.82, 2.24) is 9.62 Å². The molecule has 2 atom stereocenters. The molecule has 1 aromatic rings. The van der Waals surface area contributed by atoms with E-state index < -0.39 is 33.9 Å². The molecule has 0 aromatic heterocycles. The predicted octanol–water partition coefficient (Wildman–Crippen LogP) is 1.36. The molecule has 130 valence electrons. The summed E-state index contributed by atoms with van der Waals surface area (Å²) in [6.45, 7) is 0.513. The van der Waals surface area contributed by atoms with Crippen LogP contribution >= 0.6 is 0 Å². The Morgan fingerprint density at radius 2 is 2.00 bits per heavy atom. The van der Waals surface area contributed by atoms with Crippen LogP contribution in [0.25, 0.3) is 0 Å². The van der Waals surface area contributed by atoms with E-state index in [9.17, 15) is 26.7 Å². The number of likely N-dealkylation sites (tertiary alicyclic amines) is 1. The monoisotopic (exact) mass is 352 g/mol. The summed E-state index contributed by atoms with van der Waals surface area (Å²) < 4.78 is 63.9. The molecule has 0 amide bonds. The van der Waals surface area contributed by atoms with Crippen molar-refractivity contribution in [2.24, 2.45) is 0 Å². The second-order valence-corrected chi connectivity index (χ2v) is 7.48. The van der Waals surface area contributed by atoms with Gasteiger partial charge in [0.15, 0.2) is 0 Å². The number of rotatable bonds is 5. The molecule has 1 aliphatic rings. The fourth-order valence-electron chi connectivity index (χ4n) is 2.87. The maximum absolute atomic E-state index is 13.2. The fraction of sp³-hybridized carbons (Fsp3) is 0.571. The molecule has 0 aliphatic carbocycles. The maximum atomic E-state index is 13.2. The van der Waals surface area contributed by atoms with Gasteiger partial charge in [-0.15, -0.1) is 0 Å². The van der Waals surface area contributed by atoms with Crippen molar-refractivity contribution in [3.63, 3.8) is 0 Å². The van der Waals surface area contributed by atoms with Gasteiger partial charge in [-0.05, 0) is 18.1 Å². The van der Waals surface area contributed by atoms with Crippen molar-refractivity contribution >= 4 is 10.0 Å². The summed E-state index contributed by atoms with van der Waals surface area (Å²) >= 11 is 0. The van der Waals surface area contributed by atoms with Crippen LogP contribution < -0.4 is 4.72 Å². The van der Waals surface area contributed by atoms with Crippen LogP contribution in [-0.2, 0) is 16.2 Å². The number of hydrogen-bond acceptors (Lipinski definition) is 4. The number of hydrogen-bond donors (Lipinski definition) is 2. The first-order valence-corrected chi connectivity index (χ1v) is 9.00. The molecule has 0 saturated carbocycles. The first-order valence-electron chi connectivity index (χ1n) is 7.11. The number of nitrogens with one attached hydrogen (secondary N) is 1. The zero-order chi connectivity index (χ0) is 17.3. The molecule has 0 radical (unpaired) electrons. The maximum Gasteiger partial charge on any atom is 0.416 e. The molecule has 0 bridgehead atoms. The number of aliphatic hydroxyl groups is 1. The molecular weight excluding hydrogens is 333 g/mol. The van der Waals surface area contributed by atoms with Crippen LogP contribution in [0.5, 0.6) is 0 Å². The highest BCUT2D eigenvalue weighted by Gasteiger charge is 2.39. The van der Waals surface area contributed by atoms with Gasteiger partial charge in [0.2, 0.25) is 10.0 Å². The first kappa shape index (κ1) is 18.2. The molecule has 23 heavy (non-hydrogen) atoms. The largest absolute Gasteiger partial charge is 0.416 e. The Labute approximate surface area is 133 Å². The standard InChI is InChI=1S/C14H19F3N2O3S/c1-23(21,22)18-6-7-19-9-10(20)8-13(19)11-4-2-3-5-12(11)14(15,16)17/h2-5,10,13,18,20H,6-9H2,1H3/t10-,13+/m1/s1. The third kappa shape index (κ3) is 4.90. The first-order chi connectivity index (χ1) is 10.6. The molecular formula is C14H19F3N2O3S. The Hall–Kier alpha value is -1.16. The fourth-order valence-corrected chi connectivity index (χ4v) is 3.33. The highest BCUT2D eigenvalue weighted by atomic mass is 32.2. The molecule has 1 aromatic carbocycles. The van der Waals surface area contributed by atoms with Crippen LogP contribution in [0.15, 0.2) is 24.3 Å². The third-order valence-corrected chi connectivity index (χ3v) is 4.50. The van der Waals surface area contributed by atoms with E-state index in [1.807, 2.05) is 0 Å². The molecule has 9 heteroatoms. The van der Waals surface area contributed by atoms with E-state index in [0.29, 0.717) is 0 Å². The lowest BCUT2D eigenvalue weighted by molar-refractivity contribution is -0.138. The van der Waals surface area contributed by atoms with Crippen molar-refractivity contribution in [3.05, 3.63) is 35.4 Å². The smallest absolute Gasteiger partial charge is 0.392 e. The second kappa shape index (κ2) is 6.76. The van der Waals surface area contributed by atoms with Crippen molar-refractivity contribution in [2.75, 3.05) is 25.9 Å². The van der Waals surface area contributed by atoms with Gasteiger partial charge in [-0.3, -0.25) is 4.90 Å². The van der Waals surface area contributed by atoms with Crippen molar-refractivity contribution < 1.29 is 26.7 Å². The van der Waals surface area contributed by atoms with Crippen LogP contribution in [0, 0.1) is 0 Å². The van der Waals surface area contributed by atoms with E-state index in [4.69, 9.17) is 0 Å². The molecule has 0 unspecified atom stereocenters. The number of aliphatic hydroxyl groups excluding tert-OH is 1. The zero-order valence-corrected chi connectivity index (χ0v) is 13.4. The Morgan fingerprint density at radius 3 is 2.61 bits per heavy atom. The van der Waals surface area contributed by atoms with Gasteiger partial charge in [-0.2, -0.15) is 13.2 Å². The quantitative estimate of drug-likeness (QED) is 0.840. The van der Waals surface area contributed by atoms with E-state index in [-0.39, 0.29) is 31.6 Å². The van der Waals surface area contributed by atoms with Crippen molar-refractivity contribution in [2.45, 2.75) is 24.7 Å². The Kier molecular flexibility index (Phi) is 5.34. The van der Waals surface area contributed by atoms with Gasteiger partial charge in [-0.25, -0.2) is 13.1 Å². The third-order valence-electron chi connectivity index (χ3n) is 3.77. The topological polar surface area (TPSA) is 69.6 Å². The van der Waals surface area contributed by atoms with Crippen molar-refractivity contribution in [1.29, 1.82) is 0 Å². The molecule has 1 aliphatic heterocycles. The molecule has 2 rings (SSSR count). The highest BCUT2D eigenvalue weighted by molar-refractivity contribution is 7.88. The average molecular weight is 352 g/mol. The summed E-state index contributed by atoms with van der Waals surface area (Å²) in [6.07, 6.45) is -4.01. The number of nitrogens with zero attached hydrogens (tertiary/aromatic N) is 1. The molecule has 1 fully saturated rings. The lowest BCUT2D eigenvalue weighted by Crippen LogP contribution is -2.35. The number of alkyl halides is 3. The van der Waals surface area contributed by atoms with Crippen LogP contribution in [0.4, 0.5) is 13.2 Å². The Bertz CT molecular complexity index is 649. The zero-order valence-electron chi connectivity index (χ0n) is 12.5. The predicted molar refractivity (Wildman–Crippen MR) is 79.2 cm³/mol. The van der Waals surface area contributed by atoms with E-state index >= 15 is 0 Å². The summed E-state index contributed by atoms with van der Waals surface area (Å²) in [7, 11) is -3.36. The van der Waals surface area contributed by atoms with Crippen LogP contribution in [0.1, 0.15) is 23.6 Å². The highest BCUT2D eigenvalue weighted by Crippen LogP contribution is 2.40. The normalized spacial score (nSPS) is 23.3. The summed E-state index contributed by atoms with van der Waals surface area (Å²) in [5, 5.41) is 9.82. The van der Waals surface area contributed by atoms with Gasteiger partial charge in [0.1, 0.15) is 0 Å². The van der Waals surface area contributed by atoms with Gasteiger partial charge in [0.25, 0.3) is 0 Å². The summed E-state index contributed by atoms with van der Waals surface area (Å²) in [5.74, 6) is 0. The van der Waals surface area contributed by atoms with E-state index in [0.717, 1.165) is 12.3 Å². The number of benzene rings is 1. The number of β-amino-alcohol motifs (C(OH)–C–C–N with tert-alkyl or cyclic N) is 1. The number of sulfonamides is 1. The molecule has 2 N–H and O–H groups in total. The minimum Gasteiger partial charge on any atom is -0.392 e. The van der Waals surface area contributed by atoms with Gasteiger partial charge >= 0.3 is 6.18 Å². The van der Waals surface area contributed by atoms with E-state index in [1.165, 1.54) is 18.2 Å². The second-order valence-electron chi connectivity index (χ2n) is 5.65. The van der Waals surface area contributed by atoms with Crippen molar-refractivity contribution in [3.8, 4) is 0 Å². The molecule has 0 spiro atoms. The SMILES string of the molecule is CS(=O)(=O)NCCN1C[C@H](O)C[C@H]1c1ccccc1C(F)(F)F. The van der Waals surface area contributed by atoms with E-state index in [1.54, 1.807) is 4.90 Å². The number of halogens is 3. The molecule has 1 saturated heterocycles. The van der Waals surface area contributed by atoms with E-state index in [2.05, 4.69) is 4.72 Å². The lowest BCUT2D eigenvalue weighted by Gasteiger charge is -2.26.